The molecule has 4 heteroatoms. The van der Waals surface area contributed by atoms with Gasteiger partial charge in [-0.25, -0.2) is 0 Å². The van der Waals surface area contributed by atoms with E-state index >= 15 is 0 Å². The van der Waals surface area contributed by atoms with Crippen molar-refractivity contribution in [3.8, 4) is 0 Å². The first-order valence-electron chi connectivity index (χ1n) is 7.51. The molecular weight excluding hydrogens is 236 g/mol. The predicted molar refractivity (Wildman–Crippen MR) is 80.5 cm³/mol. The van der Waals surface area contributed by atoms with Crippen LogP contribution in [0.1, 0.15) is 43.9 Å². The summed E-state index contributed by atoms with van der Waals surface area (Å²) in [5.74, 6) is 2.03. The fourth-order valence-corrected chi connectivity index (χ4v) is 3.60. The third kappa shape index (κ3) is 2.78. The van der Waals surface area contributed by atoms with Crippen LogP contribution in [0.15, 0.2) is 0 Å². The number of hydrogen-bond donors (Lipinski definition) is 1. The van der Waals surface area contributed by atoms with Gasteiger partial charge in [-0.15, -0.1) is 0 Å². The maximum Gasteiger partial charge on any atom is 0.130 e. The highest BCUT2D eigenvalue weighted by atomic mass is 15.4. The summed E-state index contributed by atoms with van der Waals surface area (Å²) < 4.78 is 2.03. The van der Waals surface area contributed by atoms with Crippen molar-refractivity contribution in [1.82, 2.24) is 9.78 Å². The van der Waals surface area contributed by atoms with Crippen molar-refractivity contribution < 1.29 is 0 Å². The van der Waals surface area contributed by atoms with Crippen molar-refractivity contribution in [2.75, 3.05) is 18.5 Å². The predicted octanol–water partition coefficient (Wildman–Crippen LogP) is 2.24. The minimum Gasteiger partial charge on any atom is -0.356 e. The molecule has 2 atom stereocenters. The summed E-state index contributed by atoms with van der Waals surface area (Å²) in [6.45, 7) is 5.16. The average molecular weight is 264 g/mol. The van der Waals surface area contributed by atoms with Crippen LogP contribution in [0.2, 0.25) is 0 Å². The summed E-state index contributed by atoms with van der Waals surface area (Å²) in [6.07, 6.45) is 6.29. The van der Waals surface area contributed by atoms with Gasteiger partial charge in [0.1, 0.15) is 5.82 Å². The van der Waals surface area contributed by atoms with Crippen LogP contribution in [0, 0.1) is 12.8 Å². The SMILES string of the molecule is Cc1nn(C)c(N(C)C2CCCCC2C)c1CCN. The Morgan fingerprint density at radius 1 is 1.37 bits per heavy atom. The van der Waals surface area contributed by atoms with Gasteiger partial charge in [0.15, 0.2) is 0 Å². The van der Waals surface area contributed by atoms with Crippen LogP contribution in [0.5, 0.6) is 0 Å². The van der Waals surface area contributed by atoms with Crippen molar-refractivity contribution in [3.05, 3.63) is 11.3 Å². The van der Waals surface area contributed by atoms with E-state index in [2.05, 4.69) is 30.9 Å². The third-order valence-electron chi connectivity index (χ3n) is 4.61. The molecule has 0 spiro atoms. The molecule has 4 nitrogen and oxygen atoms in total. The van der Waals surface area contributed by atoms with Gasteiger partial charge in [0, 0.05) is 25.7 Å². The molecule has 0 saturated heterocycles. The number of aromatic nitrogens is 2. The summed E-state index contributed by atoms with van der Waals surface area (Å²) in [4.78, 5) is 2.45. The fraction of sp³-hybridized carbons (Fsp3) is 0.800. The molecule has 0 radical (unpaired) electrons. The van der Waals surface area contributed by atoms with Crippen LogP contribution < -0.4 is 10.6 Å². The average Bonchev–Trinajstić information content (AvgIpc) is 2.65. The van der Waals surface area contributed by atoms with Gasteiger partial charge in [0.2, 0.25) is 0 Å². The molecule has 1 heterocycles. The molecule has 1 aliphatic carbocycles. The van der Waals surface area contributed by atoms with Crippen LogP contribution >= 0.6 is 0 Å². The second-order valence-corrected chi connectivity index (χ2v) is 5.99. The zero-order valence-electron chi connectivity index (χ0n) is 12.8. The molecule has 1 aromatic rings. The van der Waals surface area contributed by atoms with Crippen molar-refractivity contribution in [1.29, 1.82) is 0 Å². The summed E-state index contributed by atoms with van der Waals surface area (Å²) in [5.41, 5.74) is 8.21. The van der Waals surface area contributed by atoms with Crippen LogP contribution in [0.25, 0.3) is 0 Å². The Morgan fingerprint density at radius 2 is 2.05 bits per heavy atom. The molecule has 0 bridgehead atoms. The maximum absolute atomic E-state index is 5.76. The Morgan fingerprint density at radius 3 is 2.68 bits per heavy atom. The molecule has 108 valence electrons. The van der Waals surface area contributed by atoms with Gasteiger partial charge in [0.05, 0.1) is 5.69 Å². The number of rotatable bonds is 4. The van der Waals surface area contributed by atoms with E-state index in [1.807, 2.05) is 11.7 Å². The van der Waals surface area contributed by atoms with Crippen molar-refractivity contribution in [3.63, 3.8) is 0 Å². The largest absolute Gasteiger partial charge is 0.356 e. The smallest absolute Gasteiger partial charge is 0.130 e. The number of hydrogen-bond acceptors (Lipinski definition) is 3. The molecule has 0 amide bonds. The summed E-state index contributed by atoms with van der Waals surface area (Å²) in [6, 6.07) is 0.639. The second-order valence-electron chi connectivity index (χ2n) is 5.99. The molecular formula is C15H28N4. The number of aryl methyl sites for hydroxylation is 2. The zero-order chi connectivity index (χ0) is 14.0. The standard InChI is InChI=1S/C15H28N4/c1-11-7-5-6-8-14(11)18(3)15-13(9-10-16)12(2)17-19(15)4/h11,14H,5-10,16H2,1-4H3. The molecule has 2 rings (SSSR count). The minimum atomic E-state index is 0.639. The van der Waals surface area contributed by atoms with E-state index in [0.717, 1.165) is 18.0 Å². The Labute approximate surface area is 117 Å². The second kappa shape index (κ2) is 5.95. The van der Waals surface area contributed by atoms with E-state index in [0.29, 0.717) is 12.6 Å². The number of anilines is 1. The van der Waals surface area contributed by atoms with E-state index in [1.54, 1.807) is 0 Å². The molecule has 1 aliphatic rings. The highest BCUT2D eigenvalue weighted by molar-refractivity contribution is 5.50. The Hall–Kier alpha value is -1.03. The monoisotopic (exact) mass is 264 g/mol. The summed E-state index contributed by atoms with van der Waals surface area (Å²) in [7, 11) is 4.27. The van der Waals surface area contributed by atoms with Gasteiger partial charge in [-0.1, -0.05) is 19.8 Å². The fourth-order valence-electron chi connectivity index (χ4n) is 3.60. The molecule has 1 saturated carbocycles. The van der Waals surface area contributed by atoms with E-state index in [9.17, 15) is 0 Å². The highest BCUT2D eigenvalue weighted by Gasteiger charge is 2.28. The highest BCUT2D eigenvalue weighted by Crippen LogP contribution is 2.32. The number of nitrogens with zero attached hydrogens (tertiary/aromatic N) is 3. The van der Waals surface area contributed by atoms with E-state index in [-0.39, 0.29) is 0 Å². The van der Waals surface area contributed by atoms with E-state index in [1.165, 1.54) is 37.1 Å². The minimum absolute atomic E-state index is 0.639. The van der Waals surface area contributed by atoms with Gasteiger partial charge >= 0.3 is 0 Å². The van der Waals surface area contributed by atoms with Crippen molar-refractivity contribution in [2.45, 2.75) is 52.0 Å². The first-order chi connectivity index (χ1) is 9.06. The third-order valence-corrected chi connectivity index (χ3v) is 4.61. The van der Waals surface area contributed by atoms with Crippen LogP contribution in [0.4, 0.5) is 5.82 Å². The Kier molecular flexibility index (Phi) is 4.50. The molecule has 1 aromatic heterocycles. The Bertz CT molecular complexity index is 424. The van der Waals surface area contributed by atoms with Gasteiger partial charge in [-0.3, -0.25) is 4.68 Å². The molecule has 0 aromatic carbocycles. The first-order valence-corrected chi connectivity index (χ1v) is 7.51. The molecule has 1 fully saturated rings. The molecule has 0 aliphatic heterocycles. The van der Waals surface area contributed by atoms with Crippen LogP contribution in [-0.4, -0.2) is 29.4 Å². The summed E-state index contributed by atoms with van der Waals surface area (Å²) >= 11 is 0. The lowest BCUT2D eigenvalue weighted by atomic mass is 9.85. The lowest BCUT2D eigenvalue weighted by molar-refractivity contribution is 0.319. The molecule has 2 N–H and O–H groups in total. The van der Waals surface area contributed by atoms with E-state index < -0.39 is 0 Å². The lowest BCUT2D eigenvalue weighted by Crippen LogP contribution is -2.40. The van der Waals surface area contributed by atoms with Gasteiger partial charge in [-0.2, -0.15) is 5.10 Å². The number of nitrogens with two attached hydrogens (primary N) is 1. The van der Waals surface area contributed by atoms with Crippen molar-refractivity contribution >= 4 is 5.82 Å². The van der Waals surface area contributed by atoms with Gasteiger partial charge < -0.3 is 10.6 Å². The lowest BCUT2D eigenvalue weighted by Gasteiger charge is -2.38. The molecule has 2 unspecified atom stereocenters. The topological polar surface area (TPSA) is 47.1 Å². The van der Waals surface area contributed by atoms with Gasteiger partial charge in [-0.05, 0) is 38.6 Å². The van der Waals surface area contributed by atoms with Crippen molar-refractivity contribution in [2.24, 2.45) is 18.7 Å². The quantitative estimate of drug-likeness (QED) is 0.907. The maximum atomic E-state index is 5.76. The summed E-state index contributed by atoms with van der Waals surface area (Å²) in [5, 5.41) is 4.59. The normalized spacial score (nSPS) is 23.6. The van der Waals surface area contributed by atoms with Crippen LogP contribution in [0.3, 0.4) is 0 Å². The van der Waals surface area contributed by atoms with Gasteiger partial charge in [0.25, 0.3) is 0 Å². The first kappa shape index (κ1) is 14.4. The van der Waals surface area contributed by atoms with E-state index in [4.69, 9.17) is 5.73 Å². The zero-order valence-corrected chi connectivity index (χ0v) is 12.8. The van der Waals surface area contributed by atoms with Crippen LogP contribution in [-0.2, 0) is 13.5 Å². The Balaban J connectivity index is 2.29. The molecule has 19 heavy (non-hydrogen) atoms.